The maximum absolute atomic E-state index is 5.86. The molecule has 1 aliphatic rings. The Bertz CT molecular complexity index is 385. The highest BCUT2D eigenvalue weighted by atomic mass is 35.5. The number of hydrogen-bond donors (Lipinski definition) is 0. The Labute approximate surface area is 87.9 Å². The van der Waals surface area contributed by atoms with Crippen molar-refractivity contribution in [3.63, 3.8) is 0 Å². The van der Waals surface area contributed by atoms with E-state index in [2.05, 4.69) is 17.1 Å². The van der Waals surface area contributed by atoms with Crippen LogP contribution in [0.15, 0.2) is 42.3 Å². The third-order valence-electron chi connectivity index (χ3n) is 1.93. The van der Waals surface area contributed by atoms with E-state index in [0.717, 1.165) is 18.6 Å². The first-order valence-corrected chi connectivity index (χ1v) is 4.86. The largest absolute Gasteiger partial charge is 0.458 e. The molecule has 2 nitrogen and oxygen atoms in total. The number of pyridine rings is 1. The molecule has 0 saturated heterocycles. The van der Waals surface area contributed by atoms with Crippen molar-refractivity contribution in [1.29, 1.82) is 0 Å². The van der Waals surface area contributed by atoms with E-state index in [1.807, 2.05) is 12.1 Å². The van der Waals surface area contributed by atoms with Crippen LogP contribution in [0.4, 0.5) is 0 Å². The molecule has 0 amide bonds. The quantitative estimate of drug-likeness (QED) is 0.548. The average molecular weight is 208 g/mol. The first kappa shape index (κ1) is 9.28. The first-order valence-electron chi connectivity index (χ1n) is 4.48. The Balaban J connectivity index is 2.11. The van der Waals surface area contributed by atoms with Gasteiger partial charge < -0.3 is 4.74 Å². The van der Waals surface area contributed by atoms with Crippen molar-refractivity contribution in [2.24, 2.45) is 0 Å². The molecule has 1 aliphatic carbocycles. The Morgan fingerprint density at radius 2 is 2.29 bits per heavy atom. The van der Waals surface area contributed by atoms with Crippen molar-refractivity contribution < 1.29 is 4.74 Å². The van der Waals surface area contributed by atoms with Crippen molar-refractivity contribution in [3.8, 4) is 5.75 Å². The molecule has 72 valence electrons. The minimum absolute atomic E-state index is 0.406. The van der Waals surface area contributed by atoms with Crippen LogP contribution in [0.3, 0.4) is 0 Å². The second-order valence-corrected chi connectivity index (χ2v) is 3.33. The van der Waals surface area contributed by atoms with Gasteiger partial charge in [-0.25, -0.2) is 4.98 Å². The van der Waals surface area contributed by atoms with E-state index >= 15 is 0 Å². The minimum Gasteiger partial charge on any atom is -0.458 e. The zero-order valence-corrected chi connectivity index (χ0v) is 8.37. The second kappa shape index (κ2) is 4.29. The predicted molar refractivity (Wildman–Crippen MR) is 56.3 cm³/mol. The van der Waals surface area contributed by atoms with E-state index in [9.17, 15) is 0 Å². The normalized spacial score (nSPS) is 15.1. The summed E-state index contributed by atoms with van der Waals surface area (Å²) >= 11 is 5.86. The monoisotopic (exact) mass is 207 g/mol. The van der Waals surface area contributed by atoms with E-state index < -0.39 is 0 Å². The molecule has 1 aromatic rings. The highest BCUT2D eigenvalue weighted by Gasteiger charge is 2.05. The third-order valence-corrected chi connectivity index (χ3v) is 2.22. The van der Waals surface area contributed by atoms with Gasteiger partial charge in [0.1, 0.15) is 5.76 Å². The summed E-state index contributed by atoms with van der Waals surface area (Å²) in [6, 6.07) is 3.62. The van der Waals surface area contributed by atoms with E-state index in [0.29, 0.717) is 10.9 Å². The molecule has 0 saturated carbocycles. The molecule has 0 spiro atoms. The lowest BCUT2D eigenvalue weighted by molar-refractivity contribution is 0.410. The van der Waals surface area contributed by atoms with Crippen LogP contribution in [0.2, 0.25) is 5.15 Å². The number of halogens is 1. The van der Waals surface area contributed by atoms with Gasteiger partial charge in [0, 0.05) is 12.6 Å². The predicted octanol–water partition coefficient (Wildman–Crippen LogP) is 3.35. The minimum atomic E-state index is 0.406. The van der Waals surface area contributed by atoms with Crippen LogP contribution in [0.5, 0.6) is 5.75 Å². The maximum atomic E-state index is 5.86. The van der Waals surface area contributed by atoms with Gasteiger partial charge in [-0.3, -0.25) is 0 Å². The van der Waals surface area contributed by atoms with Crippen molar-refractivity contribution in [2.45, 2.75) is 12.8 Å². The topological polar surface area (TPSA) is 22.1 Å². The summed E-state index contributed by atoms with van der Waals surface area (Å²) < 4.78 is 5.60. The molecule has 2 rings (SSSR count). The summed E-state index contributed by atoms with van der Waals surface area (Å²) in [5.41, 5.74) is 0. The third kappa shape index (κ3) is 2.15. The summed E-state index contributed by atoms with van der Waals surface area (Å²) in [7, 11) is 0. The molecule has 0 atom stereocenters. The number of hydrogen-bond acceptors (Lipinski definition) is 2. The van der Waals surface area contributed by atoms with E-state index in [1.54, 1.807) is 12.3 Å². The van der Waals surface area contributed by atoms with Gasteiger partial charge in [0.2, 0.25) is 0 Å². The highest BCUT2D eigenvalue weighted by molar-refractivity contribution is 6.30. The number of aromatic nitrogens is 1. The molecule has 0 aliphatic heterocycles. The molecule has 0 fully saturated rings. The Morgan fingerprint density at radius 1 is 1.36 bits per heavy atom. The lowest BCUT2D eigenvalue weighted by atomic mass is 10.2. The van der Waals surface area contributed by atoms with Crippen molar-refractivity contribution in [1.82, 2.24) is 4.98 Å². The molecule has 3 heteroatoms. The van der Waals surface area contributed by atoms with Crippen molar-refractivity contribution in [2.75, 3.05) is 0 Å². The summed E-state index contributed by atoms with van der Waals surface area (Å²) in [5.74, 6) is 1.55. The zero-order chi connectivity index (χ0) is 9.80. The summed E-state index contributed by atoms with van der Waals surface area (Å²) in [5, 5.41) is 0.406. The fourth-order valence-electron chi connectivity index (χ4n) is 1.25. The standard InChI is InChI=1S/C11H10ClNO/c12-11-10(7-4-8-13-11)14-9-5-2-1-3-6-9/h1-2,4,6-8H,3,5H2. The number of allylic oxidation sites excluding steroid dienone is 3. The molecule has 1 aromatic heterocycles. The van der Waals surface area contributed by atoms with Gasteiger partial charge in [-0.2, -0.15) is 0 Å². The summed E-state index contributed by atoms with van der Waals surface area (Å²) in [6.07, 6.45) is 9.63. The molecule has 0 bridgehead atoms. The SMILES string of the molecule is Clc1ncccc1OC1=CCC=CC1. The lowest BCUT2D eigenvalue weighted by Crippen LogP contribution is -1.97. The van der Waals surface area contributed by atoms with Crippen molar-refractivity contribution >= 4 is 11.6 Å². The fraction of sp³-hybridized carbons (Fsp3) is 0.182. The van der Waals surface area contributed by atoms with Gasteiger partial charge in [0.15, 0.2) is 10.9 Å². The maximum Gasteiger partial charge on any atom is 0.171 e. The molecule has 0 radical (unpaired) electrons. The molecule has 0 aromatic carbocycles. The van der Waals surface area contributed by atoms with Gasteiger partial charge in [-0.1, -0.05) is 23.8 Å². The zero-order valence-electron chi connectivity index (χ0n) is 7.61. The van der Waals surface area contributed by atoms with Crippen LogP contribution in [-0.4, -0.2) is 4.98 Å². The average Bonchev–Trinajstić information content (AvgIpc) is 2.23. The van der Waals surface area contributed by atoms with Crippen LogP contribution < -0.4 is 4.74 Å². The van der Waals surface area contributed by atoms with Crippen LogP contribution >= 0.6 is 11.6 Å². The van der Waals surface area contributed by atoms with Crippen molar-refractivity contribution in [3.05, 3.63) is 47.5 Å². The smallest absolute Gasteiger partial charge is 0.171 e. The molecule has 1 heterocycles. The highest BCUT2D eigenvalue weighted by Crippen LogP contribution is 2.24. The van der Waals surface area contributed by atoms with E-state index in [-0.39, 0.29) is 0 Å². The number of nitrogens with zero attached hydrogens (tertiary/aromatic N) is 1. The van der Waals surface area contributed by atoms with Gasteiger partial charge in [0.25, 0.3) is 0 Å². The summed E-state index contributed by atoms with van der Waals surface area (Å²) in [6.45, 7) is 0. The van der Waals surface area contributed by atoms with Crippen LogP contribution in [-0.2, 0) is 0 Å². The van der Waals surface area contributed by atoms with Gasteiger partial charge in [-0.15, -0.1) is 0 Å². The second-order valence-electron chi connectivity index (χ2n) is 2.98. The van der Waals surface area contributed by atoms with Gasteiger partial charge in [0.05, 0.1) is 0 Å². The molecular weight excluding hydrogens is 198 g/mol. The Hall–Kier alpha value is -1.28. The van der Waals surface area contributed by atoms with Gasteiger partial charge in [-0.05, 0) is 24.6 Å². The van der Waals surface area contributed by atoms with Crippen LogP contribution in [0.1, 0.15) is 12.8 Å². The lowest BCUT2D eigenvalue weighted by Gasteiger charge is -2.10. The Kier molecular flexibility index (Phi) is 2.84. The van der Waals surface area contributed by atoms with Gasteiger partial charge >= 0.3 is 0 Å². The molecule has 14 heavy (non-hydrogen) atoms. The fourth-order valence-corrected chi connectivity index (χ4v) is 1.41. The molecule has 0 N–H and O–H groups in total. The molecule has 0 unspecified atom stereocenters. The van der Waals surface area contributed by atoms with E-state index in [4.69, 9.17) is 16.3 Å². The van der Waals surface area contributed by atoms with Crippen LogP contribution in [0.25, 0.3) is 0 Å². The van der Waals surface area contributed by atoms with Crippen LogP contribution in [0, 0.1) is 0 Å². The number of ether oxygens (including phenoxy) is 1. The molecular formula is C11H10ClNO. The Morgan fingerprint density at radius 3 is 3.00 bits per heavy atom. The summed E-state index contributed by atoms with van der Waals surface area (Å²) in [4.78, 5) is 3.94. The number of rotatable bonds is 2. The first-order chi connectivity index (χ1) is 6.86. The van der Waals surface area contributed by atoms with E-state index in [1.165, 1.54) is 0 Å².